The summed E-state index contributed by atoms with van der Waals surface area (Å²) >= 11 is 0. The number of epoxide rings is 1. The first-order chi connectivity index (χ1) is 26.5. The second-order valence-corrected chi connectivity index (χ2v) is 17.9. The molecule has 0 saturated carbocycles. The smallest absolute Gasteiger partial charge is 0.306 e. The molecular formula is C44H82NO9P. The van der Waals surface area contributed by atoms with Gasteiger partial charge in [-0.05, 0) is 64.2 Å². The van der Waals surface area contributed by atoms with Crippen LogP contribution >= 0.6 is 7.82 Å². The first-order valence-electron chi connectivity index (χ1n) is 22.2. The van der Waals surface area contributed by atoms with Crippen LogP contribution in [0.25, 0.3) is 0 Å². The number of carbonyl (C=O) groups excluding carboxylic acids is 2. The Morgan fingerprint density at radius 2 is 1.16 bits per heavy atom. The lowest BCUT2D eigenvalue weighted by Crippen LogP contribution is -2.37. The average molecular weight is 800 g/mol. The van der Waals surface area contributed by atoms with Crippen molar-refractivity contribution in [1.82, 2.24) is 0 Å². The third kappa shape index (κ3) is 34.2. The zero-order valence-corrected chi connectivity index (χ0v) is 36.7. The lowest BCUT2D eigenvalue weighted by molar-refractivity contribution is -0.870. The van der Waals surface area contributed by atoms with Gasteiger partial charge in [-0.2, -0.15) is 0 Å². The number of nitrogens with zero attached hydrogens (tertiary/aromatic N) is 1. The molecule has 1 fully saturated rings. The van der Waals surface area contributed by atoms with E-state index in [9.17, 15) is 19.0 Å². The van der Waals surface area contributed by atoms with Gasteiger partial charge < -0.3 is 32.6 Å². The summed E-state index contributed by atoms with van der Waals surface area (Å²) in [7, 11) is 1.15. The topological polar surface area (TPSA) is 124 Å². The number of allylic oxidation sites excluding steroid dienone is 3. The van der Waals surface area contributed by atoms with Gasteiger partial charge in [-0.25, -0.2) is 0 Å². The largest absolute Gasteiger partial charge is 0.756 e. The van der Waals surface area contributed by atoms with Crippen molar-refractivity contribution < 1.29 is 46.8 Å². The molecule has 0 amide bonds. The average Bonchev–Trinajstić information content (AvgIpc) is 3.89. The fraction of sp³-hybridized carbons (Fsp3) is 0.864. The summed E-state index contributed by atoms with van der Waals surface area (Å²) in [5, 5.41) is 0. The molecule has 0 bridgehead atoms. The summed E-state index contributed by atoms with van der Waals surface area (Å²) in [5.41, 5.74) is 0. The summed E-state index contributed by atoms with van der Waals surface area (Å²) < 4.78 is 39.6. The number of phosphoric ester groups is 1. The molecule has 0 N–H and O–H groups in total. The maximum absolute atomic E-state index is 12.7. The van der Waals surface area contributed by atoms with Crippen LogP contribution in [0.1, 0.15) is 181 Å². The molecule has 0 aromatic rings. The van der Waals surface area contributed by atoms with Crippen molar-refractivity contribution in [3.63, 3.8) is 0 Å². The Bertz CT molecular complexity index is 1060. The predicted molar refractivity (Wildman–Crippen MR) is 222 cm³/mol. The van der Waals surface area contributed by atoms with Crippen molar-refractivity contribution in [2.45, 2.75) is 199 Å². The Labute approximate surface area is 336 Å². The molecule has 1 heterocycles. The van der Waals surface area contributed by atoms with E-state index in [-0.39, 0.29) is 26.1 Å². The van der Waals surface area contributed by atoms with Crippen LogP contribution < -0.4 is 4.89 Å². The number of hydrogen-bond acceptors (Lipinski definition) is 9. The Kier molecular flexibility index (Phi) is 31.3. The minimum atomic E-state index is -4.63. The van der Waals surface area contributed by atoms with Gasteiger partial charge in [0.1, 0.15) is 19.8 Å². The fourth-order valence-electron chi connectivity index (χ4n) is 6.24. The van der Waals surface area contributed by atoms with Crippen LogP contribution in [0.5, 0.6) is 0 Å². The Morgan fingerprint density at radius 3 is 1.75 bits per heavy atom. The van der Waals surface area contributed by atoms with Crippen molar-refractivity contribution in [3.8, 4) is 0 Å². The standard InChI is InChI=1S/C44H82NO9P/c1-6-8-10-11-12-13-14-15-16-17-18-19-24-27-31-35-44(47)53-40(39-52-55(48,49)51-37-36-45(3,4)5)38-50-43(46)34-30-26-23-21-20-22-25-29-33-42-41(54-42)32-28-9-7-2/h15-16,25,29,40-42H,6-14,17-24,26-28,30-39H2,1-5H3/b16-15-,29-25-/t40-,41?,42?/m1/s1. The third-order valence-electron chi connectivity index (χ3n) is 9.87. The van der Waals surface area contributed by atoms with Crippen LogP contribution in [0.2, 0.25) is 0 Å². The number of ether oxygens (including phenoxy) is 3. The van der Waals surface area contributed by atoms with Gasteiger partial charge in [0.05, 0.1) is 40.0 Å². The van der Waals surface area contributed by atoms with Crippen molar-refractivity contribution in [2.75, 3.05) is 47.5 Å². The number of likely N-dealkylation sites (N-methyl/N-ethyl adjacent to an activating group) is 1. The highest BCUT2D eigenvalue weighted by Gasteiger charge is 2.36. The monoisotopic (exact) mass is 800 g/mol. The van der Waals surface area contributed by atoms with E-state index >= 15 is 0 Å². The van der Waals surface area contributed by atoms with E-state index in [0.717, 1.165) is 70.6 Å². The van der Waals surface area contributed by atoms with E-state index < -0.39 is 32.5 Å². The highest BCUT2D eigenvalue weighted by atomic mass is 31.2. The summed E-state index contributed by atoms with van der Waals surface area (Å²) in [5.74, 6) is -0.864. The first-order valence-corrected chi connectivity index (χ1v) is 23.6. The van der Waals surface area contributed by atoms with E-state index in [1.807, 2.05) is 21.1 Å². The fourth-order valence-corrected chi connectivity index (χ4v) is 6.97. The minimum Gasteiger partial charge on any atom is -0.756 e. The maximum atomic E-state index is 12.7. The van der Waals surface area contributed by atoms with Gasteiger partial charge in [0, 0.05) is 12.8 Å². The van der Waals surface area contributed by atoms with Gasteiger partial charge in [0.2, 0.25) is 0 Å². The van der Waals surface area contributed by atoms with Crippen molar-refractivity contribution >= 4 is 19.8 Å². The third-order valence-corrected chi connectivity index (χ3v) is 10.8. The number of hydrogen-bond donors (Lipinski definition) is 0. The van der Waals surface area contributed by atoms with Crippen molar-refractivity contribution in [2.24, 2.45) is 0 Å². The predicted octanol–water partition coefficient (Wildman–Crippen LogP) is 10.7. The summed E-state index contributed by atoms with van der Waals surface area (Å²) in [4.78, 5) is 37.5. The van der Waals surface area contributed by atoms with Gasteiger partial charge in [0.15, 0.2) is 6.10 Å². The van der Waals surface area contributed by atoms with Crippen LogP contribution in [-0.4, -0.2) is 82.2 Å². The van der Waals surface area contributed by atoms with Gasteiger partial charge in [-0.1, -0.05) is 128 Å². The van der Waals surface area contributed by atoms with Crippen molar-refractivity contribution in [3.05, 3.63) is 24.3 Å². The Balaban J connectivity index is 2.28. The zero-order chi connectivity index (χ0) is 40.5. The lowest BCUT2D eigenvalue weighted by Gasteiger charge is -2.28. The quantitative estimate of drug-likeness (QED) is 0.0149. The maximum Gasteiger partial charge on any atom is 0.306 e. The van der Waals surface area contributed by atoms with E-state index in [2.05, 4.69) is 38.2 Å². The van der Waals surface area contributed by atoms with E-state index in [0.29, 0.717) is 36.1 Å². The highest BCUT2D eigenvalue weighted by molar-refractivity contribution is 7.45. The molecule has 1 aliphatic heterocycles. The van der Waals surface area contributed by atoms with Gasteiger partial charge in [-0.15, -0.1) is 0 Å². The Hall–Kier alpha value is -1.55. The summed E-state index contributed by atoms with van der Waals surface area (Å²) in [6, 6.07) is 0. The molecule has 10 nitrogen and oxygen atoms in total. The van der Waals surface area contributed by atoms with Gasteiger partial charge >= 0.3 is 11.9 Å². The van der Waals surface area contributed by atoms with Crippen LogP contribution in [0.15, 0.2) is 24.3 Å². The molecule has 1 aliphatic rings. The molecule has 4 atom stereocenters. The second kappa shape index (κ2) is 33.4. The molecule has 1 saturated heterocycles. The van der Waals surface area contributed by atoms with Crippen molar-refractivity contribution in [1.29, 1.82) is 0 Å². The molecule has 55 heavy (non-hydrogen) atoms. The summed E-state index contributed by atoms with van der Waals surface area (Å²) in [6.45, 7) is 4.16. The second-order valence-electron chi connectivity index (χ2n) is 16.4. The number of quaternary nitrogens is 1. The lowest BCUT2D eigenvalue weighted by atomic mass is 10.1. The number of unbranched alkanes of at least 4 members (excludes halogenated alkanes) is 18. The molecule has 0 spiro atoms. The first kappa shape index (κ1) is 51.5. The molecule has 0 aliphatic carbocycles. The molecule has 3 unspecified atom stereocenters. The highest BCUT2D eigenvalue weighted by Crippen LogP contribution is 2.38. The number of rotatable bonds is 39. The molecular weight excluding hydrogens is 717 g/mol. The van der Waals surface area contributed by atoms with E-state index in [4.69, 9.17) is 23.3 Å². The van der Waals surface area contributed by atoms with E-state index in [1.54, 1.807) is 0 Å². The number of phosphoric acid groups is 1. The zero-order valence-electron chi connectivity index (χ0n) is 35.8. The van der Waals surface area contributed by atoms with E-state index in [1.165, 1.54) is 70.6 Å². The van der Waals surface area contributed by atoms with Crippen LogP contribution in [0.3, 0.4) is 0 Å². The molecule has 11 heteroatoms. The normalized spacial score (nSPS) is 17.5. The van der Waals surface area contributed by atoms with Crippen LogP contribution in [-0.2, 0) is 37.4 Å². The van der Waals surface area contributed by atoms with Crippen LogP contribution in [0.4, 0.5) is 0 Å². The molecule has 322 valence electrons. The molecule has 0 aromatic heterocycles. The van der Waals surface area contributed by atoms with Gasteiger partial charge in [0.25, 0.3) is 7.82 Å². The molecule has 0 radical (unpaired) electrons. The SMILES string of the molecule is CCCCCCCC/C=C\CCCCCCCC(=O)O[C@H](COC(=O)CCCCCCC/C=C\CC1OC1CCCCC)COP(=O)([O-])OCC[N+](C)(C)C. The Morgan fingerprint density at radius 1 is 0.655 bits per heavy atom. The molecule has 1 rings (SSSR count). The molecule has 0 aromatic carbocycles. The minimum absolute atomic E-state index is 0.0363. The number of esters is 2. The van der Waals surface area contributed by atoms with Gasteiger partial charge in [-0.3, -0.25) is 14.2 Å². The number of carbonyl (C=O) groups is 2. The van der Waals surface area contributed by atoms with Crippen LogP contribution in [0, 0.1) is 0 Å². The summed E-state index contributed by atoms with van der Waals surface area (Å²) in [6.07, 6.45) is 36.5.